The van der Waals surface area contributed by atoms with E-state index in [2.05, 4.69) is 5.32 Å². The Morgan fingerprint density at radius 1 is 1.00 bits per heavy atom. The van der Waals surface area contributed by atoms with E-state index in [0.717, 1.165) is 22.3 Å². The number of carbonyl (C=O) groups is 3. The highest BCUT2D eigenvalue weighted by Gasteiger charge is 2.31. The monoisotopic (exact) mass is 446 g/mol. The summed E-state index contributed by atoms with van der Waals surface area (Å²) in [7, 11) is 0. The number of hydrogen-bond acceptors (Lipinski definition) is 4. The zero-order valence-electron chi connectivity index (χ0n) is 17.4. The summed E-state index contributed by atoms with van der Waals surface area (Å²) in [5.74, 6) is -2.40. The van der Waals surface area contributed by atoms with Crippen LogP contribution in [0.15, 0.2) is 48.5 Å². The Morgan fingerprint density at radius 3 is 2.06 bits per heavy atom. The van der Waals surface area contributed by atoms with E-state index in [1.807, 2.05) is 53.8 Å². The van der Waals surface area contributed by atoms with Crippen LogP contribution in [0.1, 0.15) is 36.8 Å². The molecule has 7 nitrogen and oxygen atoms in total. The van der Waals surface area contributed by atoms with Crippen molar-refractivity contribution in [3.8, 4) is 11.1 Å². The number of carboxylic acid groups (broad SMARTS) is 1. The van der Waals surface area contributed by atoms with Crippen LogP contribution < -0.4 is 10.6 Å². The normalized spacial score (nSPS) is 14.2. The third-order valence-electron chi connectivity index (χ3n) is 5.40. The van der Waals surface area contributed by atoms with Crippen LogP contribution in [0.4, 0.5) is 13.6 Å². The standard InChI is InChI=1S/C23H24F2N2O5/c1-2-18(22(29)30)26-20(28)11-19(21(24)25)27-23(31)32-12-17-15-9-5-3-7-13(15)14-8-4-6-10-16(14)17/h3-10,17-19,21H,2,11-12H2,1H3,(H,26,28)(H,27,31)(H,29,30)/t18-,19?/m0/s1. The van der Waals surface area contributed by atoms with Gasteiger partial charge in [0.2, 0.25) is 5.91 Å². The Kier molecular flexibility index (Phi) is 7.40. The van der Waals surface area contributed by atoms with Crippen molar-refractivity contribution in [1.82, 2.24) is 10.6 Å². The predicted molar refractivity (Wildman–Crippen MR) is 112 cm³/mol. The number of ether oxygens (including phenoxy) is 1. The molecule has 0 spiro atoms. The Balaban J connectivity index is 1.61. The first-order valence-electron chi connectivity index (χ1n) is 10.2. The van der Waals surface area contributed by atoms with E-state index in [-0.39, 0.29) is 18.9 Å². The summed E-state index contributed by atoms with van der Waals surface area (Å²) in [6.45, 7) is 1.48. The molecule has 9 heteroatoms. The maximum absolute atomic E-state index is 13.4. The summed E-state index contributed by atoms with van der Waals surface area (Å²) in [6, 6.07) is 12.4. The zero-order chi connectivity index (χ0) is 23.3. The lowest BCUT2D eigenvalue weighted by atomic mass is 9.98. The van der Waals surface area contributed by atoms with Gasteiger partial charge in [-0.2, -0.15) is 0 Å². The summed E-state index contributed by atoms with van der Waals surface area (Å²) >= 11 is 0. The van der Waals surface area contributed by atoms with Crippen LogP contribution in [0.3, 0.4) is 0 Å². The molecule has 2 aromatic rings. The van der Waals surface area contributed by atoms with E-state index in [9.17, 15) is 23.2 Å². The largest absolute Gasteiger partial charge is 0.480 e. The Hall–Kier alpha value is -3.49. The second kappa shape index (κ2) is 10.2. The molecule has 2 aromatic carbocycles. The van der Waals surface area contributed by atoms with Crippen molar-refractivity contribution in [3.63, 3.8) is 0 Å². The molecule has 3 rings (SSSR count). The van der Waals surface area contributed by atoms with Crippen molar-refractivity contribution in [2.45, 2.75) is 44.2 Å². The number of carboxylic acids is 1. The zero-order valence-corrected chi connectivity index (χ0v) is 17.4. The van der Waals surface area contributed by atoms with Crippen molar-refractivity contribution in [3.05, 3.63) is 59.7 Å². The summed E-state index contributed by atoms with van der Waals surface area (Å²) in [5, 5.41) is 13.2. The van der Waals surface area contributed by atoms with Gasteiger partial charge in [-0.3, -0.25) is 4.79 Å². The first-order valence-corrected chi connectivity index (χ1v) is 10.2. The first kappa shape index (κ1) is 23.2. The average Bonchev–Trinajstić information content (AvgIpc) is 3.09. The van der Waals surface area contributed by atoms with Crippen LogP contribution in [0, 0.1) is 0 Å². The number of nitrogens with one attached hydrogen (secondary N) is 2. The maximum atomic E-state index is 13.4. The number of carbonyl (C=O) groups excluding carboxylic acids is 2. The van der Waals surface area contributed by atoms with Gasteiger partial charge in [-0.25, -0.2) is 18.4 Å². The van der Waals surface area contributed by atoms with Gasteiger partial charge in [0, 0.05) is 5.92 Å². The Morgan fingerprint density at radius 2 is 1.56 bits per heavy atom. The third kappa shape index (κ3) is 5.22. The summed E-state index contributed by atoms with van der Waals surface area (Å²) < 4.78 is 32.0. The number of amides is 2. The van der Waals surface area contributed by atoms with Gasteiger partial charge in [-0.05, 0) is 28.7 Å². The number of alkyl halides is 2. The number of aliphatic carboxylic acids is 1. The van der Waals surface area contributed by atoms with Crippen LogP contribution in [-0.2, 0) is 14.3 Å². The lowest BCUT2D eigenvalue weighted by Crippen LogP contribution is -2.47. The fourth-order valence-corrected chi connectivity index (χ4v) is 3.79. The Labute approximate surface area is 183 Å². The number of benzene rings is 2. The van der Waals surface area contributed by atoms with Crippen molar-refractivity contribution in [2.75, 3.05) is 6.61 Å². The van der Waals surface area contributed by atoms with Crippen molar-refractivity contribution >= 4 is 18.0 Å². The molecule has 1 unspecified atom stereocenters. The summed E-state index contributed by atoms with van der Waals surface area (Å²) in [4.78, 5) is 35.2. The average molecular weight is 446 g/mol. The lowest BCUT2D eigenvalue weighted by molar-refractivity contribution is -0.142. The van der Waals surface area contributed by atoms with Crippen LogP contribution in [0.2, 0.25) is 0 Å². The maximum Gasteiger partial charge on any atom is 0.407 e. The second-order valence-electron chi connectivity index (χ2n) is 7.48. The Bertz CT molecular complexity index is 952. The van der Waals surface area contributed by atoms with E-state index in [1.165, 1.54) is 0 Å². The van der Waals surface area contributed by atoms with Crippen molar-refractivity contribution in [1.29, 1.82) is 0 Å². The second-order valence-corrected chi connectivity index (χ2v) is 7.48. The smallest absolute Gasteiger partial charge is 0.407 e. The van der Waals surface area contributed by atoms with Gasteiger partial charge in [0.1, 0.15) is 18.7 Å². The van der Waals surface area contributed by atoms with Gasteiger partial charge >= 0.3 is 12.1 Å². The van der Waals surface area contributed by atoms with Gasteiger partial charge in [0.25, 0.3) is 6.43 Å². The number of alkyl carbamates (subject to hydrolysis) is 1. The molecule has 0 aliphatic heterocycles. The van der Waals surface area contributed by atoms with Crippen LogP contribution in [0.5, 0.6) is 0 Å². The minimum Gasteiger partial charge on any atom is -0.480 e. The van der Waals surface area contributed by atoms with Crippen LogP contribution in [-0.4, -0.2) is 48.2 Å². The van der Waals surface area contributed by atoms with Crippen LogP contribution >= 0.6 is 0 Å². The topological polar surface area (TPSA) is 105 Å². The van der Waals surface area contributed by atoms with Crippen LogP contribution in [0.25, 0.3) is 11.1 Å². The molecule has 170 valence electrons. The molecule has 2 atom stereocenters. The highest BCUT2D eigenvalue weighted by molar-refractivity contribution is 5.84. The molecule has 1 aliphatic carbocycles. The number of halogens is 2. The summed E-state index contributed by atoms with van der Waals surface area (Å²) in [5.41, 5.74) is 4.02. The van der Waals surface area contributed by atoms with Gasteiger partial charge in [-0.1, -0.05) is 55.5 Å². The quantitative estimate of drug-likeness (QED) is 0.547. The summed E-state index contributed by atoms with van der Waals surface area (Å²) in [6.07, 6.45) is -4.78. The fraction of sp³-hybridized carbons (Fsp3) is 0.348. The first-order chi connectivity index (χ1) is 15.3. The van der Waals surface area contributed by atoms with Gasteiger partial charge < -0.3 is 20.5 Å². The molecule has 0 radical (unpaired) electrons. The molecule has 0 aromatic heterocycles. The number of hydrogen-bond donors (Lipinski definition) is 3. The van der Waals surface area contributed by atoms with E-state index >= 15 is 0 Å². The van der Waals surface area contributed by atoms with E-state index in [0.29, 0.717) is 0 Å². The molecular formula is C23H24F2N2O5. The minimum atomic E-state index is -3.04. The third-order valence-corrected chi connectivity index (χ3v) is 5.40. The van der Waals surface area contributed by atoms with E-state index in [1.54, 1.807) is 6.92 Å². The molecule has 32 heavy (non-hydrogen) atoms. The molecule has 0 heterocycles. The number of fused-ring (bicyclic) bond motifs is 3. The molecule has 0 saturated carbocycles. The molecule has 0 saturated heterocycles. The molecule has 3 N–H and O–H groups in total. The van der Waals surface area contributed by atoms with Crippen molar-refractivity contribution < 1.29 is 33.0 Å². The van der Waals surface area contributed by atoms with Gasteiger partial charge in [0.15, 0.2) is 0 Å². The van der Waals surface area contributed by atoms with Crippen molar-refractivity contribution in [2.24, 2.45) is 0 Å². The molecule has 2 amide bonds. The predicted octanol–water partition coefficient (Wildman–Crippen LogP) is 3.53. The molecule has 0 fully saturated rings. The minimum absolute atomic E-state index is 0.0566. The molecular weight excluding hydrogens is 422 g/mol. The van der Waals surface area contributed by atoms with Gasteiger partial charge in [-0.15, -0.1) is 0 Å². The molecule has 1 aliphatic rings. The lowest BCUT2D eigenvalue weighted by Gasteiger charge is -2.20. The highest BCUT2D eigenvalue weighted by Crippen LogP contribution is 2.44. The molecule has 0 bridgehead atoms. The van der Waals surface area contributed by atoms with Gasteiger partial charge in [0.05, 0.1) is 6.42 Å². The fourth-order valence-electron chi connectivity index (χ4n) is 3.79. The van der Waals surface area contributed by atoms with E-state index in [4.69, 9.17) is 9.84 Å². The number of rotatable bonds is 9. The highest BCUT2D eigenvalue weighted by atomic mass is 19.3. The van der Waals surface area contributed by atoms with E-state index < -0.39 is 42.9 Å². The SMILES string of the molecule is CC[C@H](NC(=O)CC(NC(=O)OCC1c2ccccc2-c2ccccc21)C(F)F)C(=O)O.